The van der Waals surface area contributed by atoms with Crippen LogP contribution in [0.3, 0.4) is 0 Å². The van der Waals surface area contributed by atoms with Crippen LogP contribution < -0.4 is 10.6 Å². The number of anilines is 1. The highest BCUT2D eigenvalue weighted by atomic mass is 79.9. The largest absolute Gasteiger partial charge is 0.480 e. The molecule has 1 rings (SSSR count). The number of nitrogens with one attached hydrogen (secondary N) is 2. The van der Waals surface area contributed by atoms with E-state index in [4.69, 9.17) is 16.7 Å². The molecule has 2 amide bonds. The number of carbonyl (C=O) groups excluding carboxylic acids is 1. The number of carboxylic acids is 1. The molecule has 0 radical (unpaired) electrons. The Balaban J connectivity index is 2.70. The van der Waals surface area contributed by atoms with Gasteiger partial charge in [-0.2, -0.15) is 0 Å². The normalized spacial score (nSPS) is 12.1. The van der Waals surface area contributed by atoms with Gasteiger partial charge in [-0.25, -0.2) is 9.59 Å². The number of hydrogen-bond acceptors (Lipinski definition) is 2. The number of halogens is 2. The molecule has 1 aromatic carbocycles. The fourth-order valence-electron chi connectivity index (χ4n) is 1.60. The van der Waals surface area contributed by atoms with Gasteiger partial charge in [-0.15, -0.1) is 0 Å². The summed E-state index contributed by atoms with van der Waals surface area (Å²) in [6.45, 7) is 3.78. The highest BCUT2D eigenvalue weighted by molar-refractivity contribution is 9.10. The average molecular weight is 364 g/mol. The molecule has 1 unspecified atom stereocenters. The second-order valence-electron chi connectivity index (χ2n) is 4.74. The number of rotatable bonds is 5. The van der Waals surface area contributed by atoms with Gasteiger partial charge in [0.1, 0.15) is 6.04 Å². The van der Waals surface area contributed by atoms with Crippen molar-refractivity contribution >= 4 is 45.2 Å². The number of benzene rings is 1. The summed E-state index contributed by atoms with van der Waals surface area (Å²) >= 11 is 9.21. The number of carbonyl (C=O) groups is 2. The van der Waals surface area contributed by atoms with Gasteiger partial charge in [-0.05, 0) is 30.5 Å². The lowest BCUT2D eigenvalue weighted by molar-refractivity contribution is -0.139. The van der Waals surface area contributed by atoms with Crippen LogP contribution in [0, 0.1) is 5.92 Å². The zero-order chi connectivity index (χ0) is 15.3. The Hall–Kier alpha value is -1.27. The van der Waals surface area contributed by atoms with Crippen molar-refractivity contribution in [1.29, 1.82) is 0 Å². The molecule has 0 saturated carbocycles. The summed E-state index contributed by atoms with van der Waals surface area (Å²) in [6.07, 6.45) is 0.356. The lowest BCUT2D eigenvalue weighted by Gasteiger charge is -2.17. The van der Waals surface area contributed by atoms with Crippen LogP contribution in [0.5, 0.6) is 0 Å². The predicted octanol–water partition coefficient (Wildman–Crippen LogP) is 3.72. The van der Waals surface area contributed by atoms with Crippen LogP contribution in [0.2, 0.25) is 5.02 Å². The van der Waals surface area contributed by atoms with Crippen molar-refractivity contribution in [1.82, 2.24) is 5.32 Å². The molecule has 20 heavy (non-hydrogen) atoms. The molecule has 0 spiro atoms. The van der Waals surface area contributed by atoms with Gasteiger partial charge >= 0.3 is 12.0 Å². The minimum Gasteiger partial charge on any atom is -0.480 e. The summed E-state index contributed by atoms with van der Waals surface area (Å²) in [6, 6.07) is 3.48. The first kappa shape index (κ1) is 16.8. The van der Waals surface area contributed by atoms with Crippen LogP contribution >= 0.6 is 27.5 Å². The second kappa shape index (κ2) is 7.50. The summed E-state index contributed by atoms with van der Waals surface area (Å²) in [5.41, 5.74) is 0.409. The van der Waals surface area contributed by atoms with Crippen molar-refractivity contribution in [2.45, 2.75) is 26.3 Å². The second-order valence-corrected chi connectivity index (χ2v) is 6.07. The monoisotopic (exact) mass is 362 g/mol. The summed E-state index contributed by atoms with van der Waals surface area (Å²) in [4.78, 5) is 22.9. The van der Waals surface area contributed by atoms with E-state index in [-0.39, 0.29) is 5.92 Å². The maximum Gasteiger partial charge on any atom is 0.326 e. The van der Waals surface area contributed by atoms with Gasteiger partial charge in [-0.3, -0.25) is 0 Å². The van der Waals surface area contributed by atoms with Crippen LogP contribution in [0.4, 0.5) is 10.5 Å². The van der Waals surface area contributed by atoms with E-state index in [1.54, 1.807) is 18.2 Å². The average Bonchev–Trinajstić information content (AvgIpc) is 2.32. The minimum atomic E-state index is -1.06. The number of urea groups is 1. The van der Waals surface area contributed by atoms with Crippen molar-refractivity contribution < 1.29 is 14.7 Å². The molecule has 1 aromatic rings. The molecule has 7 heteroatoms. The molecule has 0 aliphatic heterocycles. The molecule has 0 aromatic heterocycles. The van der Waals surface area contributed by atoms with Gasteiger partial charge < -0.3 is 15.7 Å². The zero-order valence-electron chi connectivity index (χ0n) is 11.1. The van der Waals surface area contributed by atoms with Crippen LogP contribution in [0.25, 0.3) is 0 Å². The standard InChI is InChI=1S/C13H16BrClN2O3/c1-7(2)5-11(12(18)19)17-13(20)16-10-6-8(14)3-4-9(10)15/h3-4,6-7,11H,5H2,1-2H3,(H,18,19)(H2,16,17,20). The summed E-state index contributed by atoms with van der Waals surface area (Å²) in [5.74, 6) is -0.903. The van der Waals surface area contributed by atoms with E-state index in [9.17, 15) is 9.59 Å². The van der Waals surface area contributed by atoms with Crippen LogP contribution in [0.15, 0.2) is 22.7 Å². The van der Waals surface area contributed by atoms with E-state index in [0.29, 0.717) is 17.1 Å². The van der Waals surface area contributed by atoms with E-state index in [1.165, 1.54) is 0 Å². The fraction of sp³-hybridized carbons (Fsp3) is 0.385. The van der Waals surface area contributed by atoms with Crippen LogP contribution in [-0.2, 0) is 4.79 Å². The van der Waals surface area contributed by atoms with E-state index >= 15 is 0 Å². The molecule has 0 fully saturated rings. The first-order chi connectivity index (χ1) is 9.29. The maximum absolute atomic E-state index is 11.8. The van der Waals surface area contributed by atoms with Crippen molar-refractivity contribution in [2.24, 2.45) is 5.92 Å². The van der Waals surface area contributed by atoms with Gasteiger partial charge in [0.05, 0.1) is 10.7 Å². The van der Waals surface area contributed by atoms with Crippen molar-refractivity contribution in [3.8, 4) is 0 Å². The summed E-state index contributed by atoms with van der Waals surface area (Å²) in [7, 11) is 0. The lowest BCUT2D eigenvalue weighted by Crippen LogP contribution is -2.43. The van der Waals surface area contributed by atoms with Crippen molar-refractivity contribution in [3.63, 3.8) is 0 Å². The van der Waals surface area contributed by atoms with Gasteiger partial charge in [0.15, 0.2) is 0 Å². The number of carboxylic acid groups (broad SMARTS) is 1. The predicted molar refractivity (Wildman–Crippen MR) is 82.2 cm³/mol. The molecular weight excluding hydrogens is 348 g/mol. The van der Waals surface area contributed by atoms with Gasteiger partial charge in [0.25, 0.3) is 0 Å². The highest BCUT2D eigenvalue weighted by Crippen LogP contribution is 2.25. The third-order valence-corrected chi connectivity index (χ3v) is 3.31. The van der Waals surface area contributed by atoms with E-state index < -0.39 is 18.0 Å². The molecule has 0 saturated heterocycles. The van der Waals surface area contributed by atoms with Crippen molar-refractivity contribution in [2.75, 3.05) is 5.32 Å². The smallest absolute Gasteiger partial charge is 0.326 e. The molecule has 1 atom stereocenters. The maximum atomic E-state index is 11.8. The highest BCUT2D eigenvalue weighted by Gasteiger charge is 2.21. The van der Waals surface area contributed by atoms with Crippen LogP contribution in [-0.4, -0.2) is 23.1 Å². The number of aliphatic carboxylic acids is 1. The molecular formula is C13H16BrClN2O3. The Kier molecular flexibility index (Phi) is 6.29. The molecule has 3 N–H and O–H groups in total. The molecule has 0 bridgehead atoms. The Morgan fingerprint density at radius 2 is 2.05 bits per heavy atom. The van der Waals surface area contributed by atoms with E-state index in [2.05, 4.69) is 26.6 Å². The molecule has 0 aliphatic rings. The third kappa shape index (κ3) is 5.38. The van der Waals surface area contributed by atoms with Crippen LogP contribution in [0.1, 0.15) is 20.3 Å². The fourth-order valence-corrected chi connectivity index (χ4v) is 2.13. The van der Waals surface area contributed by atoms with Crippen molar-refractivity contribution in [3.05, 3.63) is 27.7 Å². The van der Waals surface area contributed by atoms with E-state index in [0.717, 1.165) is 4.47 Å². The SMILES string of the molecule is CC(C)CC(NC(=O)Nc1cc(Br)ccc1Cl)C(=O)O. The summed E-state index contributed by atoms with van der Waals surface area (Å²) in [5, 5.41) is 14.4. The Morgan fingerprint density at radius 3 is 2.60 bits per heavy atom. The number of hydrogen-bond donors (Lipinski definition) is 3. The van der Waals surface area contributed by atoms with Gasteiger partial charge in [0, 0.05) is 4.47 Å². The Bertz CT molecular complexity index is 508. The quantitative estimate of drug-likeness (QED) is 0.746. The topological polar surface area (TPSA) is 78.4 Å². The lowest BCUT2D eigenvalue weighted by atomic mass is 10.0. The third-order valence-electron chi connectivity index (χ3n) is 2.49. The van der Waals surface area contributed by atoms with Gasteiger partial charge in [0.2, 0.25) is 0 Å². The first-order valence-corrected chi connectivity index (χ1v) is 7.22. The zero-order valence-corrected chi connectivity index (χ0v) is 13.5. The molecule has 0 aliphatic carbocycles. The molecule has 0 heterocycles. The summed E-state index contributed by atoms with van der Waals surface area (Å²) < 4.78 is 0.758. The minimum absolute atomic E-state index is 0.158. The molecule has 110 valence electrons. The Labute approximate surface area is 130 Å². The molecule has 5 nitrogen and oxygen atoms in total. The van der Waals surface area contributed by atoms with Gasteiger partial charge in [-0.1, -0.05) is 41.4 Å². The first-order valence-electron chi connectivity index (χ1n) is 6.05. The Morgan fingerprint density at radius 1 is 1.40 bits per heavy atom. The van der Waals surface area contributed by atoms with E-state index in [1.807, 2.05) is 13.8 Å². The number of amides is 2.